The van der Waals surface area contributed by atoms with Crippen LogP contribution < -0.4 is 5.32 Å². The number of thioether (sulfide) groups is 1. The molecule has 0 amide bonds. The lowest BCUT2D eigenvalue weighted by atomic mass is 10.1. The first-order valence-corrected chi connectivity index (χ1v) is 6.52. The molecule has 1 aromatic rings. The van der Waals surface area contributed by atoms with Gasteiger partial charge in [0.1, 0.15) is 0 Å². The topological polar surface area (TPSA) is 12.0 Å². The van der Waals surface area contributed by atoms with Gasteiger partial charge in [0, 0.05) is 12.3 Å². The fourth-order valence-corrected chi connectivity index (χ4v) is 1.90. The van der Waals surface area contributed by atoms with Crippen molar-refractivity contribution in [3.8, 4) is 0 Å². The van der Waals surface area contributed by atoms with Crippen LogP contribution in [0.3, 0.4) is 0 Å². The molecule has 5 heteroatoms. The average Bonchev–Trinajstić information content (AvgIpc) is 2.28. The Kier molecular flexibility index (Phi) is 6.44. The summed E-state index contributed by atoms with van der Waals surface area (Å²) in [5.74, 6) is 0.0782. The Morgan fingerprint density at radius 2 is 1.76 bits per heavy atom. The first-order valence-electron chi connectivity index (χ1n) is 5.53. The molecule has 0 saturated carbocycles. The van der Waals surface area contributed by atoms with E-state index in [-0.39, 0.29) is 17.5 Å². The molecule has 1 aromatic carbocycles. The number of aryl methyl sites for hydroxylation is 1. The number of hydrogen-bond acceptors (Lipinski definition) is 2. The van der Waals surface area contributed by atoms with Crippen LogP contribution in [-0.2, 0) is 6.42 Å². The van der Waals surface area contributed by atoms with E-state index in [0.29, 0.717) is 6.54 Å². The highest BCUT2D eigenvalue weighted by Gasteiger charge is 2.27. The second-order valence-corrected chi connectivity index (χ2v) is 4.79. The van der Waals surface area contributed by atoms with Gasteiger partial charge >= 0.3 is 5.51 Å². The molecule has 17 heavy (non-hydrogen) atoms. The van der Waals surface area contributed by atoms with Crippen molar-refractivity contribution in [3.63, 3.8) is 0 Å². The zero-order valence-corrected chi connectivity index (χ0v) is 10.3. The average molecular weight is 263 g/mol. The van der Waals surface area contributed by atoms with Crippen LogP contribution in [0.5, 0.6) is 0 Å². The predicted octanol–water partition coefficient (Wildman–Crippen LogP) is 3.46. The standard InChI is InChI=1S/C12H16F3NS/c13-12(14,15)17-10-9-16-8-4-7-11-5-2-1-3-6-11/h1-3,5-6,16H,4,7-10H2. The molecule has 1 N–H and O–H groups in total. The summed E-state index contributed by atoms with van der Waals surface area (Å²) in [4.78, 5) is 0. The Balaban J connectivity index is 1.95. The number of hydrogen-bond donors (Lipinski definition) is 1. The van der Waals surface area contributed by atoms with Gasteiger partial charge in [-0.3, -0.25) is 0 Å². The summed E-state index contributed by atoms with van der Waals surface area (Å²) in [5, 5.41) is 3.01. The number of alkyl halides is 3. The molecule has 0 aliphatic heterocycles. The van der Waals surface area contributed by atoms with Gasteiger partial charge in [0.25, 0.3) is 0 Å². The van der Waals surface area contributed by atoms with E-state index in [2.05, 4.69) is 17.4 Å². The molecule has 0 aliphatic rings. The van der Waals surface area contributed by atoms with Gasteiger partial charge in [-0.05, 0) is 36.7 Å². The smallest absolute Gasteiger partial charge is 0.316 e. The molecule has 96 valence electrons. The molecule has 0 aromatic heterocycles. The SMILES string of the molecule is FC(F)(F)SCCNCCCc1ccccc1. The third-order valence-electron chi connectivity index (χ3n) is 2.21. The van der Waals surface area contributed by atoms with Gasteiger partial charge in [-0.2, -0.15) is 13.2 Å². The van der Waals surface area contributed by atoms with Crippen LogP contribution in [0.25, 0.3) is 0 Å². The lowest BCUT2D eigenvalue weighted by Crippen LogP contribution is -2.20. The molecule has 1 nitrogen and oxygen atoms in total. The Morgan fingerprint density at radius 1 is 1.06 bits per heavy atom. The molecule has 0 spiro atoms. The maximum absolute atomic E-state index is 11.8. The van der Waals surface area contributed by atoms with Crippen LogP contribution in [-0.4, -0.2) is 24.4 Å². The minimum Gasteiger partial charge on any atom is -0.316 e. The fraction of sp³-hybridized carbons (Fsp3) is 0.500. The van der Waals surface area contributed by atoms with E-state index < -0.39 is 5.51 Å². The van der Waals surface area contributed by atoms with Crippen molar-refractivity contribution in [1.29, 1.82) is 0 Å². The Labute approximate surface area is 104 Å². The minimum absolute atomic E-state index is 0.0255. The summed E-state index contributed by atoms with van der Waals surface area (Å²) < 4.78 is 35.4. The van der Waals surface area contributed by atoms with Gasteiger partial charge in [-0.25, -0.2) is 0 Å². The van der Waals surface area contributed by atoms with Crippen molar-refractivity contribution in [2.24, 2.45) is 0 Å². The largest absolute Gasteiger partial charge is 0.441 e. The molecular formula is C12H16F3NS. The molecule has 0 atom stereocenters. The summed E-state index contributed by atoms with van der Waals surface area (Å²) >= 11 is 0.0255. The molecule has 0 unspecified atom stereocenters. The lowest BCUT2D eigenvalue weighted by Gasteiger charge is -2.06. The molecule has 0 bridgehead atoms. The van der Waals surface area contributed by atoms with E-state index >= 15 is 0 Å². The molecule has 0 heterocycles. The van der Waals surface area contributed by atoms with Crippen LogP contribution in [0.1, 0.15) is 12.0 Å². The summed E-state index contributed by atoms with van der Waals surface area (Å²) in [6, 6.07) is 10.1. The predicted molar refractivity (Wildman–Crippen MR) is 66.1 cm³/mol. The number of halogens is 3. The van der Waals surface area contributed by atoms with Crippen molar-refractivity contribution < 1.29 is 13.2 Å². The van der Waals surface area contributed by atoms with Gasteiger partial charge in [-0.15, -0.1) is 0 Å². The third kappa shape index (κ3) is 8.10. The Morgan fingerprint density at radius 3 is 2.41 bits per heavy atom. The molecule has 0 saturated heterocycles. The normalized spacial score (nSPS) is 11.7. The third-order valence-corrected chi connectivity index (χ3v) is 2.94. The van der Waals surface area contributed by atoms with Crippen molar-refractivity contribution in [2.75, 3.05) is 18.8 Å². The van der Waals surface area contributed by atoms with E-state index in [1.165, 1.54) is 5.56 Å². The zero-order valence-electron chi connectivity index (χ0n) is 9.46. The van der Waals surface area contributed by atoms with Crippen molar-refractivity contribution in [2.45, 2.75) is 18.3 Å². The Hall–Kier alpha value is -0.680. The van der Waals surface area contributed by atoms with Gasteiger partial charge < -0.3 is 5.32 Å². The van der Waals surface area contributed by atoms with Crippen LogP contribution in [0, 0.1) is 0 Å². The quantitative estimate of drug-likeness (QED) is 0.756. The van der Waals surface area contributed by atoms with E-state index in [9.17, 15) is 13.2 Å². The monoisotopic (exact) mass is 263 g/mol. The van der Waals surface area contributed by atoms with Gasteiger partial charge in [-0.1, -0.05) is 30.3 Å². The van der Waals surface area contributed by atoms with Gasteiger partial charge in [0.05, 0.1) is 0 Å². The van der Waals surface area contributed by atoms with Crippen molar-refractivity contribution in [1.82, 2.24) is 5.32 Å². The Bertz CT molecular complexity index is 300. The van der Waals surface area contributed by atoms with E-state index in [1.54, 1.807) is 0 Å². The maximum atomic E-state index is 11.8. The van der Waals surface area contributed by atoms with Crippen molar-refractivity contribution >= 4 is 11.8 Å². The van der Waals surface area contributed by atoms with Crippen molar-refractivity contribution in [3.05, 3.63) is 35.9 Å². The highest BCUT2D eigenvalue weighted by Crippen LogP contribution is 2.29. The number of rotatable bonds is 7. The molecule has 0 fully saturated rings. The highest BCUT2D eigenvalue weighted by molar-refractivity contribution is 8.00. The lowest BCUT2D eigenvalue weighted by molar-refractivity contribution is -0.0327. The minimum atomic E-state index is -4.11. The maximum Gasteiger partial charge on any atom is 0.441 e. The first-order chi connectivity index (χ1) is 8.08. The highest BCUT2D eigenvalue weighted by atomic mass is 32.2. The summed E-state index contributed by atoms with van der Waals surface area (Å²) in [7, 11) is 0. The molecular weight excluding hydrogens is 247 g/mol. The first kappa shape index (κ1) is 14.4. The fourth-order valence-electron chi connectivity index (χ4n) is 1.43. The second kappa shape index (κ2) is 7.61. The van der Waals surface area contributed by atoms with Crippen LogP contribution >= 0.6 is 11.8 Å². The van der Waals surface area contributed by atoms with Gasteiger partial charge in [0.15, 0.2) is 0 Å². The summed E-state index contributed by atoms with van der Waals surface area (Å²) in [6.07, 6.45) is 1.90. The van der Waals surface area contributed by atoms with E-state index in [1.807, 2.05) is 18.2 Å². The van der Waals surface area contributed by atoms with E-state index in [4.69, 9.17) is 0 Å². The molecule has 1 rings (SSSR count). The number of benzene rings is 1. The van der Waals surface area contributed by atoms with E-state index in [0.717, 1.165) is 19.4 Å². The summed E-state index contributed by atoms with van der Waals surface area (Å²) in [5.41, 5.74) is -2.84. The van der Waals surface area contributed by atoms with Gasteiger partial charge in [0.2, 0.25) is 0 Å². The van der Waals surface area contributed by atoms with Crippen LogP contribution in [0.15, 0.2) is 30.3 Å². The number of nitrogens with one attached hydrogen (secondary N) is 1. The van der Waals surface area contributed by atoms with Crippen LogP contribution in [0.2, 0.25) is 0 Å². The van der Waals surface area contributed by atoms with Crippen LogP contribution in [0.4, 0.5) is 13.2 Å². The molecule has 0 aliphatic carbocycles. The summed E-state index contributed by atoms with van der Waals surface area (Å²) in [6.45, 7) is 1.16. The molecule has 0 radical (unpaired) electrons. The second-order valence-electron chi connectivity index (χ2n) is 3.63. The zero-order chi connectivity index (χ0) is 12.6.